The number of allylic oxidation sites excluding steroid dienone is 1. The molecule has 3 rings (SSSR count). The minimum Gasteiger partial charge on any atom is -0.398 e. The van der Waals surface area contributed by atoms with Crippen LogP contribution in [0.15, 0.2) is 71.9 Å². The van der Waals surface area contributed by atoms with Gasteiger partial charge in [-0.05, 0) is 53.9 Å². The van der Waals surface area contributed by atoms with Crippen LogP contribution in [0.2, 0.25) is 0 Å². The number of ketones is 1. The molecule has 0 fully saturated rings. The number of anilines is 1. The lowest BCUT2D eigenvalue weighted by atomic mass is 10.1. The largest absolute Gasteiger partial charge is 0.398 e. The van der Waals surface area contributed by atoms with Gasteiger partial charge in [-0.3, -0.25) is 4.79 Å². The number of hydrogen-bond donors (Lipinski definition) is 1. The number of hydrogen-bond acceptors (Lipinski definition) is 2. The summed E-state index contributed by atoms with van der Waals surface area (Å²) in [7, 11) is 0. The molecule has 5 heteroatoms. The van der Waals surface area contributed by atoms with Crippen molar-refractivity contribution < 1.29 is 9.18 Å². The molecule has 0 bridgehead atoms. The second-order valence-corrected chi connectivity index (χ2v) is 7.26. The van der Waals surface area contributed by atoms with Gasteiger partial charge >= 0.3 is 0 Å². The topological polar surface area (TPSA) is 48.0 Å². The van der Waals surface area contributed by atoms with Crippen LogP contribution in [0.3, 0.4) is 0 Å². The quantitative estimate of drug-likeness (QED) is 0.293. The van der Waals surface area contributed by atoms with Crippen molar-refractivity contribution in [2.45, 2.75) is 19.4 Å². The van der Waals surface area contributed by atoms with Crippen LogP contribution in [0, 0.1) is 5.82 Å². The number of rotatable bonds is 7. The number of aromatic nitrogens is 1. The number of carbonyl (C=O) groups is 1. The van der Waals surface area contributed by atoms with Gasteiger partial charge in [0.2, 0.25) is 0 Å². The molecule has 0 atom stereocenters. The third-order valence-electron chi connectivity index (χ3n) is 4.38. The fraction of sp³-hybridized carbons (Fsp3) is 0.136. The van der Waals surface area contributed by atoms with Crippen LogP contribution >= 0.6 is 15.9 Å². The molecule has 0 saturated heterocycles. The monoisotopic (exact) mass is 426 g/mol. The Morgan fingerprint density at radius 1 is 1.15 bits per heavy atom. The Morgan fingerprint density at radius 2 is 1.89 bits per heavy atom. The van der Waals surface area contributed by atoms with Gasteiger partial charge in [-0.15, -0.1) is 6.58 Å². The third kappa shape index (κ3) is 4.55. The SMILES string of the molecule is C=CCCC(=O)c1cc(-c2ccc(F)cc2)cn1Cc1cc(Br)ccc1N. The molecule has 138 valence electrons. The van der Waals surface area contributed by atoms with E-state index in [1.807, 2.05) is 35.0 Å². The lowest BCUT2D eigenvalue weighted by Crippen LogP contribution is -2.10. The zero-order valence-corrected chi connectivity index (χ0v) is 16.4. The van der Waals surface area contributed by atoms with E-state index in [-0.39, 0.29) is 11.6 Å². The van der Waals surface area contributed by atoms with Gasteiger partial charge in [0.1, 0.15) is 5.82 Å². The number of carbonyl (C=O) groups excluding carboxylic acids is 1. The Kier molecular flexibility index (Phi) is 5.91. The molecule has 27 heavy (non-hydrogen) atoms. The average Bonchev–Trinajstić information content (AvgIpc) is 3.07. The zero-order chi connectivity index (χ0) is 19.4. The molecule has 0 aliphatic carbocycles. The Balaban J connectivity index is 2.01. The molecule has 0 spiro atoms. The Labute approximate surface area is 166 Å². The van der Waals surface area contributed by atoms with Gasteiger partial charge in [0, 0.05) is 34.9 Å². The van der Waals surface area contributed by atoms with Crippen molar-refractivity contribution in [1.29, 1.82) is 0 Å². The minimum absolute atomic E-state index is 0.0387. The summed E-state index contributed by atoms with van der Waals surface area (Å²) in [6.45, 7) is 4.16. The number of nitrogens with zero attached hydrogens (tertiary/aromatic N) is 1. The average molecular weight is 427 g/mol. The number of Topliss-reactive ketones (excluding diaryl/α,β-unsaturated/α-hetero) is 1. The first-order chi connectivity index (χ1) is 13.0. The maximum absolute atomic E-state index is 13.2. The van der Waals surface area contributed by atoms with Crippen LogP contribution in [-0.2, 0) is 6.54 Å². The van der Waals surface area contributed by atoms with E-state index in [4.69, 9.17) is 5.73 Å². The molecule has 1 aromatic heterocycles. The van der Waals surface area contributed by atoms with Crippen molar-refractivity contribution in [3.05, 3.63) is 88.9 Å². The van der Waals surface area contributed by atoms with E-state index in [0.717, 1.165) is 21.2 Å². The summed E-state index contributed by atoms with van der Waals surface area (Å²) < 4.78 is 16.1. The Hall–Kier alpha value is -2.66. The first kappa shape index (κ1) is 19.1. The summed E-state index contributed by atoms with van der Waals surface area (Å²) in [5, 5.41) is 0. The van der Waals surface area contributed by atoms with E-state index in [1.165, 1.54) is 12.1 Å². The van der Waals surface area contributed by atoms with Crippen LogP contribution < -0.4 is 5.73 Å². The highest BCUT2D eigenvalue weighted by Crippen LogP contribution is 2.26. The molecule has 0 aliphatic heterocycles. The summed E-state index contributed by atoms with van der Waals surface area (Å²) in [6, 6.07) is 13.8. The predicted octanol–water partition coefficient (Wildman–Crippen LogP) is 5.84. The van der Waals surface area contributed by atoms with E-state index in [1.54, 1.807) is 18.2 Å². The van der Waals surface area contributed by atoms with Crippen molar-refractivity contribution in [3.63, 3.8) is 0 Å². The van der Waals surface area contributed by atoms with E-state index < -0.39 is 0 Å². The molecule has 0 amide bonds. The normalized spacial score (nSPS) is 10.7. The minimum atomic E-state index is -0.289. The lowest BCUT2D eigenvalue weighted by molar-refractivity contribution is 0.0975. The molecular weight excluding hydrogens is 407 g/mol. The van der Waals surface area contributed by atoms with Gasteiger partial charge in [0.15, 0.2) is 5.78 Å². The highest BCUT2D eigenvalue weighted by atomic mass is 79.9. The maximum atomic E-state index is 13.2. The van der Waals surface area contributed by atoms with Crippen molar-refractivity contribution in [3.8, 4) is 11.1 Å². The van der Waals surface area contributed by atoms with Crippen LogP contribution in [0.1, 0.15) is 28.9 Å². The number of nitrogen functional groups attached to an aromatic ring is 1. The van der Waals surface area contributed by atoms with Crippen molar-refractivity contribution in [1.82, 2.24) is 4.57 Å². The van der Waals surface area contributed by atoms with Crippen molar-refractivity contribution in [2.75, 3.05) is 5.73 Å². The van der Waals surface area contributed by atoms with E-state index in [9.17, 15) is 9.18 Å². The zero-order valence-electron chi connectivity index (χ0n) is 14.8. The third-order valence-corrected chi connectivity index (χ3v) is 4.87. The lowest BCUT2D eigenvalue weighted by Gasteiger charge is -2.11. The van der Waals surface area contributed by atoms with Gasteiger partial charge < -0.3 is 10.3 Å². The maximum Gasteiger partial charge on any atom is 0.179 e. The van der Waals surface area contributed by atoms with Crippen molar-refractivity contribution >= 4 is 27.4 Å². The van der Waals surface area contributed by atoms with E-state index >= 15 is 0 Å². The van der Waals surface area contributed by atoms with Gasteiger partial charge in [-0.1, -0.05) is 34.1 Å². The van der Waals surface area contributed by atoms with E-state index in [2.05, 4.69) is 22.5 Å². The Morgan fingerprint density at radius 3 is 2.59 bits per heavy atom. The Bertz CT molecular complexity index is 976. The summed E-state index contributed by atoms with van der Waals surface area (Å²) in [5.41, 5.74) is 10.0. The molecule has 0 radical (unpaired) electrons. The summed E-state index contributed by atoms with van der Waals surface area (Å²) in [4.78, 5) is 12.7. The molecule has 0 aliphatic rings. The summed E-state index contributed by atoms with van der Waals surface area (Å²) in [6.07, 6.45) is 4.66. The van der Waals surface area contributed by atoms with Gasteiger partial charge in [0.05, 0.1) is 5.69 Å². The van der Waals surface area contributed by atoms with E-state index in [0.29, 0.717) is 30.8 Å². The fourth-order valence-corrected chi connectivity index (χ4v) is 3.34. The predicted molar refractivity (Wildman–Crippen MR) is 111 cm³/mol. The van der Waals surface area contributed by atoms with Crippen LogP contribution in [0.4, 0.5) is 10.1 Å². The van der Waals surface area contributed by atoms with Crippen LogP contribution in [-0.4, -0.2) is 10.4 Å². The molecular formula is C22H20BrFN2O. The van der Waals surface area contributed by atoms with Crippen LogP contribution in [0.5, 0.6) is 0 Å². The molecule has 3 aromatic rings. The van der Waals surface area contributed by atoms with Gasteiger partial charge in [-0.25, -0.2) is 4.39 Å². The smallest absolute Gasteiger partial charge is 0.179 e. The molecule has 3 nitrogen and oxygen atoms in total. The molecule has 2 N–H and O–H groups in total. The van der Waals surface area contributed by atoms with Gasteiger partial charge in [0.25, 0.3) is 0 Å². The second kappa shape index (κ2) is 8.35. The first-order valence-electron chi connectivity index (χ1n) is 8.62. The highest BCUT2D eigenvalue weighted by Gasteiger charge is 2.15. The standard InChI is InChI=1S/C22H20BrFN2O/c1-2-3-4-22(27)21-12-16(15-5-8-19(24)9-6-15)13-26(21)14-17-11-18(23)7-10-20(17)25/h2,5-13H,1,3-4,14,25H2. The summed E-state index contributed by atoms with van der Waals surface area (Å²) >= 11 is 3.46. The highest BCUT2D eigenvalue weighted by molar-refractivity contribution is 9.10. The molecule has 0 unspecified atom stereocenters. The number of halogens is 2. The number of nitrogens with two attached hydrogens (primary N) is 1. The van der Waals surface area contributed by atoms with Gasteiger partial charge in [-0.2, -0.15) is 0 Å². The van der Waals surface area contributed by atoms with Crippen molar-refractivity contribution in [2.24, 2.45) is 0 Å². The fourth-order valence-electron chi connectivity index (χ4n) is 2.93. The molecule has 0 saturated carbocycles. The number of benzene rings is 2. The molecule has 2 aromatic carbocycles. The first-order valence-corrected chi connectivity index (χ1v) is 9.41. The molecule has 1 heterocycles. The van der Waals surface area contributed by atoms with Crippen LogP contribution in [0.25, 0.3) is 11.1 Å². The second-order valence-electron chi connectivity index (χ2n) is 6.34. The summed E-state index contributed by atoms with van der Waals surface area (Å²) in [5.74, 6) is -0.251.